The molecule has 5 rings (SSSR count). The number of rotatable bonds is 5. The number of carbonyl (C=O) groups is 1. The molecular formula is C22H28N6O3. The molecule has 2 aromatic rings. The summed E-state index contributed by atoms with van der Waals surface area (Å²) >= 11 is 0. The number of amides is 1. The molecule has 0 bridgehead atoms. The van der Waals surface area contributed by atoms with Gasteiger partial charge in [-0.05, 0) is 23.8 Å². The van der Waals surface area contributed by atoms with Crippen molar-refractivity contribution in [2.45, 2.75) is 6.54 Å². The van der Waals surface area contributed by atoms with Gasteiger partial charge >= 0.3 is 0 Å². The minimum atomic E-state index is 0.229. The number of aromatic nitrogens is 2. The Hall–Kier alpha value is -2.91. The van der Waals surface area contributed by atoms with Gasteiger partial charge in [-0.1, -0.05) is 6.07 Å². The smallest absolute Gasteiger partial charge is 0.236 e. The quantitative estimate of drug-likeness (QED) is 0.694. The van der Waals surface area contributed by atoms with E-state index in [2.05, 4.69) is 36.8 Å². The summed E-state index contributed by atoms with van der Waals surface area (Å²) in [7, 11) is 0. The van der Waals surface area contributed by atoms with Crippen molar-refractivity contribution in [3.63, 3.8) is 0 Å². The Balaban J connectivity index is 1.05. The molecule has 31 heavy (non-hydrogen) atoms. The third kappa shape index (κ3) is 4.72. The van der Waals surface area contributed by atoms with Gasteiger partial charge in [0.25, 0.3) is 0 Å². The zero-order chi connectivity index (χ0) is 21.0. The maximum absolute atomic E-state index is 12.8. The number of piperazine rings is 2. The average molecular weight is 425 g/mol. The zero-order valence-corrected chi connectivity index (χ0v) is 17.7. The summed E-state index contributed by atoms with van der Waals surface area (Å²) in [5.41, 5.74) is 1.21. The van der Waals surface area contributed by atoms with Gasteiger partial charge in [0.1, 0.15) is 0 Å². The maximum Gasteiger partial charge on any atom is 0.236 e. The van der Waals surface area contributed by atoms with Gasteiger partial charge in [0.2, 0.25) is 18.6 Å². The third-order valence-corrected chi connectivity index (χ3v) is 6.13. The van der Waals surface area contributed by atoms with E-state index >= 15 is 0 Å². The normalized spacial score (nSPS) is 19.6. The fourth-order valence-corrected chi connectivity index (χ4v) is 4.30. The topological polar surface area (TPSA) is 74.3 Å². The van der Waals surface area contributed by atoms with Gasteiger partial charge in [0.05, 0.1) is 6.54 Å². The lowest BCUT2D eigenvalue weighted by Crippen LogP contribution is -2.53. The SMILES string of the molecule is O=C(CN1CCN(c2ncccn2)CC1)N1CCN(Cc2ccc3c(c2)OCO3)CC1. The number of nitrogens with zero attached hydrogens (tertiary/aromatic N) is 6. The second-order valence-corrected chi connectivity index (χ2v) is 8.16. The lowest BCUT2D eigenvalue weighted by atomic mass is 10.1. The summed E-state index contributed by atoms with van der Waals surface area (Å²) in [6.45, 7) is 8.40. The summed E-state index contributed by atoms with van der Waals surface area (Å²) in [4.78, 5) is 30.3. The molecule has 9 heteroatoms. The van der Waals surface area contributed by atoms with Crippen molar-refractivity contribution in [1.29, 1.82) is 0 Å². The first-order valence-corrected chi connectivity index (χ1v) is 10.9. The summed E-state index contributed by atoms with van der Waals surface area (Å²) in [5, 5.41) is 0. The number of anilines is 1. The molecule has 2 saturated heterocycles. The molecule has 0 atom stereocenters. The molecule has 164 valence electrons. The van der Waals surface area contributed by atoms with Crippen LogP contribution in [0.5, 0.6) is 11.5 Å². The van der Waals surface area contributed by atoms with E-state index in [-0.39, 0.29) is 5.91 Å². The molecule has 0 radical (unpaired) electrons. The first-order chi connectivity index (χ1) is 15.2. The molecule has 0 aliphatic carbocycles. The van der Waals surface area contributed by atoms with Crippen LogP contribution in [0.4, 0.5) is 5.95 Å². The van der Waals surface area contributed by atoms with Crippen LogP contribution in [0.15, 0.2) is 36.7 Å². The van der Waals surface area contributed by atoms with Crippen molar-refractivity contribution >= 4 is 11.9 Å². The van der Waals surface area contributed by atoms with Crippen molar-refractivity contribution in [3.05, 3.63) is 42.2 Å². The monoisotopic (exact) mass is 424 g/mol. The molecule has 0 saturated carbocycles. The van der Waals surface area contributed by atoms with E-state index in [9.17, 15) is 4.79 Å². The van der Waals surface area contributed by atoms with E-state index in [1.54, 1.807) is 12.4 Å². The van der Waals surface area contributed by atoms with Gasteiger partial charge in [-0.2, -0.15) is 0 Å². The summed E-state index contributed by atoms with van der Waals surface area (Å²) in [6.07, 6.45) is 3.54. The Morgan fingerprint density at radius 2 is 1.58 bits per heavy atom. The predicted molar refractivity (Wildman–Crippen MR) is 115 cm³/mol. The molecule has 4 heterocycles. The Bertz CT molecular complexity index is 895. The standard InChI is InChI=1S/C22H28N6O3/c29-21(16-26-8-12-28(13-9-26)22-23-4-1-5-24-22)27-10-6-25(7-11-27)15-18-2-3-19-20(14-18)31-17-30-19/h1-5,14H,6-13,15-17H2. The van der Waals surface area contributed by atoms with E-state index in [1.807, 2.05) is 17.0 Å². The fraction of sp³-hybridized carbons (Fsp3) is 0.500. The molecule has 1 aromatic heterocycles. The van der Waals surface area contributed by atoms with E-state index in [0.717, 1.165) is 76.4 Å². The third-order valence-electron chi connectivity index (χ3n) is 6.13. The molecule has 1 aromatic carbocycles. The van der Waals surface area contributed by atoms with Crippen LogP contribution in [0.3, 0.4) is 0 Å². The molecular weight excluding hydrogens is 396 g/mol. The van der Waals surface area contributed by atoms with E-state index < -0.39 is 0 Å². The molecule has 0 spiro atoms. The number of ether oxygens (including phenoxy) is 2. The van der Waals surface area contributed by atoms with Crippen molar-refractivity contribution in [1.82, 2.24) is 24.7 Å². The Kier molecular flexibility index (Phi) is 5.86. The van der Waals surface area contributed by atoms with Gasteiger partial charge < -0.3 is 19.3 Å². The van der Waals surface area contributed by atoms with Crippen LogP contribution in [0.2, 0.25) is 0 Å². The zero-order valence-electron chi connectivity index (χ0n) is 17.7. The molecule has 9 nitrogen and oxygen atoms in total. The lowest BCUT2D eigenvalue weighted by Gasteiger charge is -2.38. The summed E-state index contributed by atoms with van der Waals surface area (Å²) in [6, 6.07) is 7.94. The van der Waals surface area contributed by atoms with Crippen LogP contribution in [-0.2, 0) is 11.3 Å². The number of fused-ring (bicyclic) bond motifs is 1. The number of carbonyl (C=O) groups excluding carboxylic acids is 1. The van der Waals surface area contributed by atoms with Crippen LogP contribution in [0.1, 0.15) is 5.56 Å². The Labute approximate surface area is 182 Å². The molecule has 2 fully saturated rings. The highest BCUT2D eigenvalue weighted by Crippen LogP contribution is 2.32. The van der Waals surface area contributed by atoms with Crippen LogP contribution in [0.25, 0.3) is 0 Å². The number of hydrogen-bond acceptors (Lipinski definition) is 8. The molecule has 0 unspecified atom stereocenters. The minimum Gasteiger partial charge on any atom is -0.454 e. The highest BCUT2D eigenvalue weighted by Gasteiger charge is 2.25. The van der Waals surface area contributed by atoms with Gasteiger partial charge in [-0.15, -0.1) is 0 Å². The Morgan fingerprint density at radius 3 is 2.35 bits per heavy atom. The first kappa shape index (κ1) is 20.0. The van der Waals surface area contributed by atoms with E-state index in [1.165, 1.54) is 5.56 Å². The Morgan fingerprint density at radius 1 is 0.871 bits per heavy atom. The van der Waals surface area contributed by atoms with Crippen molar-refractivity contribution in [2.24, 2.45) is 0 Å². The predicted octanol–water partition coefficient (Wildman–Crippen LogP) is 0.672. The minimum absolute atomic E-state index is 0.229. The summed E-state index contributed by atoms with van der Waals surface area (Å²) < 4.78 is 10.9. The molecule has 3 aliphatic heterocycles. The van der Waals surface area contributed by atoms with Crippen LogP contribution >= 0.6 is 0 Å². The first-order valence-electron chi connectivity index (χ1n) is 10.9. The van der Waals surface area contributed by atoms with Crippen LogP contribution in [-0.4, -0.2) is 96.3 Å². The molecule has 0 N–H and O–H groups in total. The fourth-order valence-electron chi connectivity index (χ4n) is 4.30. The molecule has 3 aliphatic rings. The lowest BCUT2D eigenvalue weighted by molar-refractivity contribution is -0.134. The number of hydrogen-bond donors (Lipinski definition) is 0. The average Bonchev–Trinajstić information content (AvgIpc) is 3.29. The van der Waals surface area contributed by atoms with Gasteiger partial charge in [-0.3, -0.25) is 14.6 Å². The largest absolute Gasteiger partial charge is 0.454 e. The highest BCUT2D eigenvalue weighted by molar-refractivity contribution is 5.78. The van der Waals surface area contributed by atoms with Crippen molar-refractivity contribution in [3.8, 4) is 11.5 Å². The second-order valence-electron chi connectivity index (χ2n) is 8.16. The maximum atomic E-state index is 12.8. The van der Waals surface area contributed by atoms with Gasteiger partial charge in [0.15, 0.2) is 11.5 Å². The summed E-state index contributed by atoms with van der Waals surface area (Å²) in [5.74, 6) is 2.64. The van der Waals surface area contributed by atoms with Crippen LogP contribution in [0, 0.1) is 0 Å². The van der Waals surface area contributed by atoms with Crippen LogP contribution < -0.4 is 14.4 Å². The van der Waals surface area contributed by atoms with E-state index in [4.69, 9.17) is 9.47 Å². The van der Waals surface area contributed by atoms with Gasteiger partial charge in [0, 0.05) is 71.3 Å². The molecule has 1 amide bonds. The van der Waals surface area contributed by atoms with Gasteiger partial charge in [-0.25, -0.2) is 9.97 Å². The number of benzene rings is 1. The van der Waals surface area contributed by atoms with E-state index in [0.29, 0.717) is 13.3 Å². The van der Waals surface area contributed by atoms with Crippen molar-refractivity contribution < 1.29 is 14.3 Å². The van der Waals surface area contributed by atoms with Crippen molar-refractivity contribution in [2.75, 3.05) is 70.6 Å². The second kappa shape index (κ2) is 9.07. The highest BCUT2D eigenvalue weighted by atomic mass is 16.7.